The van der Waals surface area contributed by atoms with Crippen LogP contribution in [-0.4, -0.2) is 57.4 Å². The number of benzene rings is 2. The first kappa shape index (κ1) is 20.5. The van der Waals surface area contributed by atoms with Crippen LogP contribution in [0.5, 0.6) is 11.5 Å². The number of ether oxygens (including phenoxy) is 2. The number of piperazine rings is 1. The highest BCUT2D eigenvalue weighted by molar-refractivity contribution is 9.10. The first-order valence-electron chi connectivity index (χ1n) is 10.5. The van der Waals surface area contributed by atoms with Crippen LogP contribution in [0.3, 0.4) is 0 Å². The fourth-order valence-electron chi connectivity index (χ4n) is 4.05. The molecular weight excluding hydrogens is 430 g/mol. The Morgan fingerprint density at radius 3 is 2.38 bits per heavy atom. The molecule has 6 heteroatoms. The van der Waals surface area contributed by atoms with Gasteiger partial charge in [-0.3, -0.25) is 4.90 Å². The van der Waals surface area contributed by atoms with Gasteiger partial charge >= 0.3 is 0 Å². The summed E-state index contributed by atoms with van der Waals surface area (Å²) in [5.74, 6) is 1.87. The minimum atomic E-state index is 0.324. The third kappa shape index (κ3) is 5.44. The molecule has 29 heavy (non-hydrogen) atoms. The molecule has 0 saturated carbocycles. The molecule has 0 aromatic heterocycles. The number of hydrogen-bond acceptors (Lipinski definition) is 5. The third-order valence-electron chi connectivity index (χ3n) is 5.79. The lowest BCUT2D eigenvalue weighted by molar-refractivity contribution is 0.161. The van der Waals surface area contributed by atoms with Crippen molar-refractivity contribution in [3.8, 4) is 11.5 Å². The molecule has 1 N–H and O–H groups in total. The summed E-state index contributed by atoms with van der Waals surface area (Å²) < 4.78 is 12.5. The Balaban J connectivity index is 1.29. The average molecular weight is 460 g/mol. The minimum Gasteiger partial charge on any atom is -0.497 e. The van der Waals surface area contributed by atoms with Gasteiger partial charge in [-0.2, -0.15) is 0 Å². The molecule has 2 aliphatic heterocycles. The summed E-state index contributed by atoms with van der Waals surface area (Å²) in [5.41, 5.74) is 2.60. The van der Waals surface area contributed by atoms with E-state index in [4.69, 9.17) is 9.47 Å². The second-order valence-corrected chi connectivity index (χ2v) is 8.65. The van der Waals surface area contributed by atoms with Crippen molar-refractivity contribution in [2.75, 3.05) is 51.3 Å². The largest absolute Gasteiger partial charge is 0.497 e. The van der Waals surface area contributed by atoms with Crippen LogP contribution in [0.4, 0.5) is 5.69 Å². The van der Waals surface area contributed by atoms with E-state index >= 15 is 0 Å². The number of methoxy groups -OCH3 is 1. The lowest BCUT2D eigenvalue weighted by atomic mass is 10.1. The van der Waals surface area contributed by atoms with Crippen LogP contribution >= 0.6 is 15.9 Å². The number of hydrogen-bond donors (Lipinski definition) is 1. The van der Waals surface area contributed by atoms with Gasteiger partial charge < -0.3 is 19.7 Å². The first-order chi connectivity index (χ1) is 14.2. The van der Waals surface area contributed by atoms with Crippen molar-refractivity contribution in [2.24, 2.45) is 0 Å². The fraction of sp³-hybridized carbons (Fsp3) is 0.478. The van der Waals surface area contributed by atoms with Crippen LogP contribution in [0.25, 0.3) is 0 Å². The van der Waals surface area contributed by atoms with E-state index < -0.39 is 0 Å². The topological polar surface area (TPSA) is 37.0 Å². The zero-order chi connectivity index (χ0) is 20.1. The smallest absolute Gasteiger partial charge is 0.133 e. The average Bonchev–Trinajstić information content (AvgIpc) is 2.77. The van der Waals surface area contributed by atoms with Crippen LogP contribution < -0.4 is 19.7 Å². The van der Waals surface area contributed by atoms with Gasteiger partial charge in [0.1, 0.15) is 17.6 Å². The number of piperidine rings is 1. The second kappa shape index (κ2) is 9.83. The van der Waals surface area contributed by atoms with E-state index in [2.05, 4.69) is 61.4 Å². The lowest BCUT2D eigenvalue weighted by Gasteiger charge is -2.36. The summed E-state index contributed by atoms with van der Waals surface area (Å²) in [6.07, 6.45) is 2.48. The molecule has 0 aliphatic carbocycles. The monoisotopic (exact) mass is 459 g/mol. The summed E-state index contributed by atoms with van der Waals surface area (Å²) in [6.45, 7) is 7.29. The highest BCUT2D eigenvalue weighted by Crippen LogP contribution is 2.29. The van der Waals surface area contributed by atoms with E-state index in [9.17, 15) is 0 Å². The van der Waals surface area contributed by atoms with E-state index in [1.807, 2.05) is 12.1 Å². The molecular formula is C23H30BrN3O2. The molecule has 0 bridgehead atoms. The molecule has 2 aromatic rings. The van der Waals surface area contributed by atoms with Crippen LogP contribution in [0.2, 0.25) is 0 Å². The summed E-state index contributed by atoms with van der Waals surface area (Å²) in [4.78, 5) is 4.97. The van der Waals surface area contributed by atoms with Gasteiger partial charge in [0.05, 0.1) is 11.6 Å². The number of anilines is 1. The number of rotatable bonds is 6. The van der Waals surface area contributed by atoms with Gasteiger partial charge in [0.2, 0.25) is 0 Å². The Morgan fingerprint density at radius 2 is 1.72 bits per heavy atom. The van der Waals surface area contributed by atoms with E-state index in [0.717, 1.165) is 74.6 Å². The Morgan fingerprint density at radius 1 is 1.00 bits per heavy atom. The Labute approximate surface area is 182 Å². The highest BCUT2D eigenvalue weighted by atomic mass is 79.9. The Hall–Kier alpha value is -1.76. The van der Waals surface area contributed by atoms with Gasteiger partial charge in [0.15, 0.2) is 0 Å². The Bertz CT molecular complexity index is 785. The molecule has 2 fully saturated rings. The van der Waals surface area contributed by atoms with Crippen molar-refractivity contribution in [1.82, 2.24) is 10.2 Å². The van der Waals surface area contributed by atoms with Crippen molar-refractivity contribution in [3.05, 3.63) is 52.5 Å². The van der Waals surface area contributed by atoms with E-state index in [-0.39, 0.29) is 0 Å². The molecule has 0 spiro atoms. The fourth-order valence-corrected chi connectivity index (χ4v) is 4.57. The standard InChI is InChI=1S/C23H30BrN3O2/c1-28-20-5-3-19(4-6-20)27-14-12-26(13-15-27)17-18-2-7-23(22(24)16-18)29-21-8-10-25-11-9-21/h2-7,16,21,25H,8-15,17H2,1H3. The first-order valence-corrected chi connectivity index (χ1v) is 11.3. The van der Waals surface area contributed by atoms with Crippen molar-refractivity contribution in [1.29, 1.82) is 0 Å². The van der Waals surface area contributed by atoms with Gasteiger partial charge in [-0.1, -0.05) is 6.07 Å². The van der Waals surface area contributed by atoms with Crippen LogP contribution in [0, 0.1) is 0 Å². The van der Waals surface area contributed by atoms with Gasteiger partial charge in [-0.05, 0) is 83.8 Å². The summed E-state index contributed by atoms with van der Waals surface area (Å²) >= 11 is 3.71. The molecule has 156 valence electrons. The maximum absolute atomic E-state index is 6.19. The van der Waals surface area contributed by atoms with Crippen LogP contribution in [-0.2, 0) is 6.54 Å². The van der Waals surface area contributed by atoms with Crippen LogP contribution in [0.1, 0.15) is 18.4 Å². The van der Waals surface area contributed by atoms with Gasteiger partial charge in [-0.25, -0.2) is 0 Å². The summed E-state index contributed by atoms with van der Waals surface area (Å²) in [5, 5.41) is 3.38. The predicted molar refractivity (Wildman–Crippen MR) is 121 cm³/mol. The third-order valence-corrected chi connectivity index (χ3v) is 6.41. The molecule has 2 aromatic carbocycles. The van der Waals surface area contributed by atoms with Crippen molar-refractivity contribution in [2.45, 2.75) is 25.5 Å². The number of nitrogens with zero attached hydrogens (tertiary/aromatic N) is 2. The quantitative estimate of drug-likeness (QED) is 0.708. The maximum Gasteiger partial charge on any atom is 0.133 e. The number of halogens is 1. The molecule has 2 saturated heterocycles. The normalized spacial score (nSPS) is 18.6. The zero-order valence-corrected chi connectivity index (χ0v) is 18.7. The summed E-state index contributed by atoms with van der Waals surface area (Å²) in [7, 11) is 1.71. The van der Waals surface area contributed by atoms with E-state index in [1.165, 1.54) is 11.3 Å². The van der Waals surface area contributed by atoms with Crippen molar-refractivity contribution >= 4 is 21.6 Å². The molecule has 5 nitrogen and oxygen atoms in total. The number of nitrogens with one attached hydrogen (secondary N) is 1. The summed E-state index contributed by atoms with van der Waals surface area (Å²) in [6, 6.07) is 14.9. The molecule has 0 amide bonds. The van der Waals surface area contributed by atoms with Gasteiger partial charge in [0, 0.05) is 38.4 Å². The van der Waals surface area contributed by atoms with Crippen molar-refractivity contribution in [3.63, 3.8) is 0 Å². The van der Waals surface area contributed by atoms with Crippen LogP contribution in [0.15, 0.2) is 46.9 Å². The predicted octanol–water partition coefficient (Wildman–Crippen LogP) is 3.91. The van der Waals surface area contributed by atoms with Gasteiger partial charge in [-0.15, -0.1) is 0 Å². The molecule has 0 unspecified atom stereocenters. The molecule has 0 atom stereocenters. The molecule has 2 heterocycles. The molecule has 2 aliphatic rings. The highest BCUT2D eigenvalue weighted by Gasteiger charge is 2.19. The molecule has 0 radical (unpaired) electrons. The van der Waals surface area contributed by atoms with E-state index in [1.54, 1.807) is 7.11 Å². The maximum atomic E-state index is 6.19. The van der Waals surface area contributed by atoms with Crippen molar-refractivity contribution < 1.29 is 9.47 Å². The minimum absolute atomic E-state index is 0.324. The molecule has 4 rings (SSSR count). The lowest BCUT2D eigenvalue weighted by Crippen LogP contribution is -2.45. The Kier molecular flexibility index (Phi) is 6.95. The van der Waals surface area contributed by atoms with Gasteiger partial charge in [0.25, 0.3) is 0 Å². The SMILES string of the molecule is COc1ccc(N2CCN(Cc3ccc(OC4CCNCC4)c(Br)c3)CC2)cc1. The second-order valence-electron chi connectivity index (χ2n) is 7.79. The zero-order valence-electron chi connectivity index (χ0n) is 17.1. The van der Waals surface area contributed by atoms with E-state index in [0.29, 0.717) is 6.10 Å².